The average molecular weight is 252 g/mol. The summed E-state index contributed by atoms with van der Waals surface area (Å²) in [6.07, 6.45) is 10.9. The zero-order valence-corrected chi connectivity index (χ0v) is 11.7. The van der Waals surface area contributed by atoms with Crippen LogP contribution in [-0.2, 0) is 4.79 Å². The lowest BCUT2D eigenvalue weighted by Crippen LogP contribution is -2.53. The molecule has 0 aromatic rings. The van der Waals surface area contributed by atoms with Gasteiger partial charge in [0.2, 0.25) is 5.91 Å². The summed E-state index contributed by atoms with van der Waals surface area (Å²) in [6, 6.07) is 0. The molecular weight excluding hydrogens is 224 g/mol. The number of carbonyl (C=O) groups is 1. The van der Waals surface area contributed by atoms with E-state index in [1.54, 1.807) is 0 Å². The molecule has 0 aliphatic heterocycles. The van der Waals surface area contributed by atoms with Crippen LogP contribution in [-0.4, -0.2) is 18.0 Å². The zero-order valence-electron chi connectivity index (χ0n) is 11.7. The number of hydrogen-bond acceptors (Lipinski definition) is 2. The molecule has 2 unspecified atom stereocenters. The molecule has 0 aromatic carbocycles. The highest BCUT2D eigenvalue weighted by molar-refractivity contribution is 5.80. The van der Waals surface area contributed by atoms with Gasteiger partial charge in [0.25, 0.3) is 0 Å². The van der Waals surface area contributed by atoms with Gasteiger partial charge >= 0.3 is 0 Å². The summed E-state index contributed by atoms with van der Waals surface area (Å²) in [5.41, 5.74) is 5.97. The third-order valence-electron chi connectivity index (χ3n) is 4.86. The summed E-state index contributed by atoms with van der Waals surface area (Å²) in [5.74, 6) is 0.926. The van der Waals surface area contributed by atoms with Gasteiger partial charge in [0, 0.05) is 12.1 Å². The van der Waals surface area contributed by atoms with E-state index < -0.39 is 0 Å². The summed E-state index contributed by atoms with van der Waals surface area (Å²) >= 11 is 0. The lowest BCUT2D eigenvalue weighted by atomic mass is 9.74. The van der Waals surface area contributed by atoms with Crippen LogP contribution < -0.4 is 11.1 Å². The summed E-state index contributed by atoms with van der Waals surface area (Å²) in [7, 11) is 0. The zero-order chi connectivity index (χ0) is 13.0. The maximum absolute atomic E-state index is 12.3. The van der Waals surface area contributed by atoms with Crippen molar-refractivity contribution in [2.45, 2.75) is 70.3 Å². The molecule has 0 saturated heterocycles. The van der Waals surface area contributed by atoms with Crippen LogP contribution in [0, 0.1) is 11.8 Å². The molecule has 3 nitrogen and oxygen atoms in total. The Morgan fingerprint density at radius 1 is 1.17 bits per heavy atom. The van der Waals surface area contributed by atoms with Crippen molar-refractivity contribution in [2.75, 3.05) is 6.54 Å². The van der Waals surface area contributed by atoms with Gasteiger partial charge in [-0.05, 0) is 38.5 Å². The molecule has 0 radical (unpaired) electrons. The van der Waals surface area contributed by atoms with Crippen LogP contribution in [0.25, 0.3) is 0 Å². The Bertz CT molecular complexity index is 282. The molecule has 1 amide bonds. The first-order chi connectivity index (χ1) is 8.59. The van der Waals surface area contributed by atoms with Crippen LogP contribution >= 0.6 is 0 Å². The van der Waals surface area contributed by atoms with Crippen LogP contribution in [0.1, 0.15) is 64.7 Å². The number of nitrogens with two attached hydrogens (primary N) is 1. The fourth-order valence-corrected chi connectivity index (χ4v) is 3.55. The lowest BCUT2D eigenvalue weighted by molar-refractivity contribution is -0.128. The number of amides is 1. The molecule has 3 heteroatoms. The normalized spacial score (nSPS) is 34.2. The number of nitrogens with one attached hydrogen (secondary N) is 1. The fraction of sp³-hybridized carbons (Fsp3) is 0.933. The summed E-state index contributed by atoms with van der Waals surface area (Å²) in [4.78, 5) is 12.3. The molecule has 0 aromatic heterocycles. The Morgan fingerprint density at radius 2 is 1.83 bits per heavy atom. The van der Waals surface area contributed by atoms with Gasteiger partial charge < -0.3 is 11.1 Å². The van der Waals surface area contributed by atoms with E-state index in [-0.39, 0.29) is 17.4 Å². The smallest absolute Gasteiger partial charge is 0.224 e. The van der Waals surface area contributed by atoms with Crippen molar-refractivity contribution < 1.29 is 4.79 Å². The van der Waals surface area contributed by atoms with E-state index >= 15 is 0 Å². The topological polar surface area (TPSA) is 55.1 Å². The van der Waals surface area contributed by atoms with Gasteiger partial charge in [-0.2, -0.15) is 0 Å². The molecule has 2 saturated carbocycles. The first-order valence-electron chi connectivity index (χ1n) is 7.66. The monoisotopic (exact) mass is 252 g/mol. The Labute approximate surface area is 111 Å². The van der Waals surface area contributed by atoms with Crippen molar-refractivity contribution in [2.24, 2.45) is 17.6 Å². The quantitative estimate of drug-likeness (QED) is 0.811. The van der Waals surface area contributed by atoms with Crippen molar-refractivity contribution in [3.63, 3.8) is 0 Å². The predicted molar refractivity (Wildman–Crippen MR) is 74.1 cm³/mol. The fourth-order valence-electron chi connectivity index (χ4n) is 3.55. The van der Waals surface area contributed by atoms with Gasteiger partial charge in [-0.15, -0.1) is 0 Å². The first-order valence-corrected chi connectivity index (χ1v) is 7.66. The van der Waals surface area contributed by atoms with E-state index in [0.29, 0.717) is 5.92 Å². The first kappa shape index (κ1) is 13.9. The van der Waals surface area contributed by atoms with E-state index in [1.165, 1.54) is 38.5 Å². The minimum Gasteiger partial charge on any atom is -0.356 e. The Morgan fingerprint density at radius 3 is 2.50 bits per heavy atom. The highest BCUT2D eigenvalue weighted by Crippen LogP contribution is 2.32. The predicted octanol–water partition coefficient (Wildman–Crippen LogP) is 2.59. The minimum atomic E-state index is -0.297. The Hall–Kier alpha value is -0.570. The van der Waals surface area contributed by atoms with Gasteiger partial charge in [-0.3, -0.25) is 4.79 Å². The Kier molecular flexibility index (Phi) is 4.66. The van der Waals surface area contributed by atoms with Crippen molar-refractivity contribution in [1.29, 1.82) is 0 Å². The van der Waals surface area contributed by atoms with Crippen molar-refractivity contribution in [1.82, 2.24) is 5.32 Å². The second-order valence-corrected chi connectivity index (χ2v) is 6.55. The molecule has 2 rings (SSSR count). The molecule has 104 valence electrons. The van der Waals surface area contributed by atoms with E-state index in [4.69, 9.17) is 5.73 Å². The SMILES string of the molecule is CC1(N)CCCCC1C(=O)NCC1CCCCC1. The third kappa shape index (κ3) is 3.47. The summed E-state index contributed by atoms with van der Waals surface area (Å²) < 4.78 is 0. The van der Waals surface area contributed by atoms with Crippen molar-refractivity contribution >= 4 is 5.91 Å². The average Bonchev–Trinajstić information content (AvgIpc) is 2.37. The molecule has 2 fully saturated rings. The molecule has 2 aliphatic carbocycles. The van der Waals surface area contributed by atoms with Crippen LogP contribution in [0.3, 0.4) is 0 Å². The molecule has 0 heterocycles. The van der Waals surface area contributed by atoms with E-state index in [9.17, 15) is 4.79 Å². The number of carbonyl (C=O) groups excluding carboxylic acids is 1. The van der Waals surface area contributed by atoms with Gasteiger partial charge in [0.15, 0.2) is 0 Å². The van der Waals surface area contributed by atoms with Crippen LogP contribution in [0.2, 0.25) is 0 Å². The van der Waals surface area contributed by atoms with Crippen LogP contribution in [0.15, 0.2) is 0 Å². The molecule has 2 aliphatic rings. The lowest BCUT2D eigenvalue weighted by Gasteiger charge is -2.37. The number of rotatable bonds is 3. The highest BCUT2D eigenvalue weighted by atomic mass is 16.1. The van der Waals surface area contributed by atoms with E-state index in [2.05, 4.69) is 5.32 Å². The Balaban J connectivity index is 1.79. The maximum Gasteiger partial charge on any atom is 0.224 e. The molecular formula is C15H28N2O. The van der Waals surface area contributed by atoms with Gasteiger partial charge in [0.05, 0.1) is 5.92 Å². The van der Waals surface area contributed by atoms with Crippen molar-refractivity contribution in [3.05, 3.63) is 0 Å². The van der Waals surface area contributed by atoms with Crippen LogP contribution in [0.4, 0.5) is 0 Å². The molecule has 0 bridgehead atoms. The van der Waals surface area contributed by atoms with Crippen molar-refractivity contribution in [3.8, 4) is 0 Å². The maximum atomic E-state index is 12.3. The summed E-state index contributed by atoms with van der Waals surface area (Å²) in [5, 5.41) is 3.16. The second kappa shape index (κ2) is 6.05. The number of hydrogen-bond donors (Lipinski definition) is 2. The standard InChI is InChI=1S/C15H28N2O/c1-15(16)10-6-5-9-13(15)14(18)17-11-12-7-3-2-4-8-12/h12-13H,2-11,16H2,1H3,(H,17,18). The molecule has 3 N–H and O–H groups in total. The van der Waals surface area contributed by atoms with Gasteiger partial charge in [-0.25, -0.2) is 0 Å². The second-order valence-electron chi connectivity index (χ2n) is 6.55. The highest BCUT2D eigenvalue weighted by Gasteiger charge is 2.37. The van der Waals surface area contributed by atoms with Gasteiger partial charge in [0.1, 0.15) is 0 Å². The largest absolute Gasteiger partial charge is 0.356 e. The minimum absolute atomic E-state index is 0.0230. The molecule has 2 atom stereocenters. The van der Waals surface area contributed by atoms with Crippen LogP contribution in [0.5, 0.6) is 0 Å². The molecule has 18 heavy (non-hydrogen) atoms. The third-order valence-corrected chi connectivity index (χ3v) is 4.86. The summed E-state index contributed by atoms with van der Waals surface area (Å²) in [6.45, 7) is 2.91. The van der Waals surface area contributed by atoms with Gasteiger partial charge in [-0.1, -0.05) is 32.1 Å². The van der Waals surface area contributed by atoms with E-state index in [1.807, 2.05) is 6.92 Å². The molecule has 0 spiro atoms. The van der Waals surface area contributed by atoms with E-state index in [0.717, 1.165) is 25.8 Å².